The first-order valence-electron chi connectivity index (χ1n) is 6.16. The summed E-state index contributed by atoms with van der Waals surface area (Å²) >= 11 is 9.03. The second-order valence-electron chi connectivity index (χ2n) is 4.60. The van der Waals surface area contributed by atoms with Crippen molar-refractivity contribution in [1.82, 2.24) is 0 Å². The number of aryl methyl sites for hydroxylation is 2. The molecule has 0 aliphatic rings. The molecule has 0 unspecified atom stereocenters. The summed E-state index contributed by atoms with van der Waals surface area (Å²) in [6.07, 6.45) is 0. The second-order valence-corrected chi connectivity index (χ2v) is 5.79. The molecule has 0 spiro atoms. The highest BCUT2D eigenvalue weighted by molar-refractivity contribution is 9.10. The van der Waals surface area contributed by atoms with E-state index in [0.29, 0.717) is 12.2 Å². The molecule has 0 bridgehead atoms. The smallest absolute Gasteiger partial charge is 0.252 e. The molecule has 2 rings (SSSR count). The maximum absolute atomic E-state index is 11.4. The van der Waals surface area contributed by atoms with Gasteiger partial charge in [-0.25, -0.2) is 0 Å². The number of benzene rings is 2. The maximum Gasteiger partial charge on any atom is 0.252 e. The fourth-order valence-electron chi connectivity index (χ4n) is 2.00. The first-order chi connectivity index (χ1) is 9.49. The lowest BCUT2D eigenvalue weighted by Crippen LogP contribution is -2.04. The Bertz CT molecular complexity index is 653. The first kappa shape index (κ1) is 15.1. The molecule has 0 atom stereocenters. The quantitative estimate of drug-likeness (QED) is 0.721. The molecule has 0 amide bonds. The van der Waals surface area contributed by atoms with Crippen molar-refractivity contribution in [3.63, 3.8) is 0 Å². The van der Waals surface area contributed by atoms with Crippen molar-refractivity contribution in [2.24, 2.45) is 0 Å². The Labute approximate surface area is 131 Å². The molecule has 0 saturated heterocycles. The third kappa shape index (κ3) is 3.41. The average molecular weight is 354 g/mol. The van der Waals surface area contributed by atoms with E-state index in [0.717, 1.165) is 21.3 Å². The molecule has 2 aromatic carbocycles. The van der Waals surface area contributed by atoms with E-state index >= 15 is 0 Å². The number of ether oxygens (including phenoxy) is 1. The highest BCUT2D eigenvalue weighted by Crippen LogP contribution is 2.25. The predicted molar refractivity (Wildman–Crippen MR) is 84.6 cm³/mol. The topological polar surface area (TPSA) is 26.3 Å². The fraction of sp³-hybridized carbons (Fsp3) is 0.188. The standard InChI is InChI=1S/C16H14BrClO2/c1-10-6-7-15(11(2)8-10)20-9-13-12(16(18)19)4-3-5-14(13)17/h3-8H,9H2,1-2H3. The maximum atomic E-state index is 11.4. The zero-order valence-corrected chi connectivity index (χ0v) is 13.6. The molecule has 0 heterocycles. The van der Waals surface area contributed by atoms with Gasteiger partial charge in [-0.3, -0.25) is 4.79 Å². The minimum absolute atomic E-state index is 0.291. The van der Waals surface area contributed by atoms with Crippen molar-refractivity contribution >= 4 is 32.8 Å². The van der Waals surface area contributed by atoms with Gasteiger partial charge in [0.1, 0.15) is 12.4 Å². The number of carbonyl (C=O) groups excluding carboxylic acids is 1. The van der Waals surface area contributed by atoms with E-state index in [9.17, 15) is 4.79 Å². The minimum Gasteiger partial charge on any atom is -0.489 e. The lowest BCUT2D eigenvalue weighted by Gasteiger charge is -2.13. The van der Waals surface area contributed by atoms with E-state index in [4.69, 9.17) is 16.3 Å². The average Bonchev–Trinajstić information content (AvgIpc) is 2.38. The number of carbonyl (C=O) groups is 1. The number of hydrogen-bond donors (Lipinski definition) is 0. The third-order valence-corrected chi connectivity index (χ3v) is 3.98. The molecule has 2 nitrogen and oxygen atoms in total. The first-order valence-corrected chi connectivity index (χ1v) is 7.33. The zero-order valence-electron chi connectivity index (χ0n) is 11.2. The molecule has 20 heavy (non-hydrogen) atoms. The second kappa shape index (κ2) is 6.42. The molecule has 0 saturated carbocycles. The fourth-order valence-corrected chi connectivity index (χ4v) is 2.66. The van der Waals surface area contributed by atoms with Crippen molar-refractivity contribution in [2.45, 2.75) is 20.5 Å². The Morgan fingerprint density at radius 2 is 2.00 bits per heavy atom. The van der Waals surface area contributed by atoms with Gasteiger partial charge in [-0.15, -0.1) is 0 Å². The Morgan fingerprint density at radius 3 is 2.65 bits per heavy atom. The number of halogens is 2. The highest BCUT2D eigenvalue weighted by atomic mass is 79.9. The van der Waals surface area contributed by atoms with Crippen LogP contribution in [0.2, 0.25) is 0 Å². The van der Waals surface area contributed by atoms with Gasteiger partial charge in [0.05, 0.1) is 0 Å². The summed E-state index contributed by atoms with van der Waals surface area (Å²) in [6.45, 7) is 4.32. The van der Waals surface area contributed by atoms with Crippen LogP contribution < -0.4 is 4.74 Å². The summed E-state index contributed by atoms with van der Waals surface area (Å²) in [6, 6.07) is 11.3. The van der Waals surface area contributed by atoms with Crippen LogP contribution in [0.3, 0.4) is 0 Å². The lowest BCUT2D eigenvalue weighted by molar-refractivity contribution is 0.107. The molecule has 0 N–H and O–H groups in total. The van der Waals surface area contributed by atoms with Crippen molar-refractivity contribution in [2.75, 3.05) is 0 Å². The van der Waals surface area contributed by atoms with E-state index < -0.39 is 5.24 Å². The normalized spacial score (nSPS) is 10.4. The van der Waals surface area contributed by atoms with Crippen LogP contribution in [0.4, 0.5) is 0 Å². The van der Waals surface area contributed by atoms with Gasteiger partial charge >= 0.3 is 0 Å². The Kier molecular flexibility index (Phi) is 4.84. The summed E-state index contributed by atoms with van der Waals surface area (Å²) < 4.78 is 6.62. The summed E-state index contributed by atoms with van der Waals surface area (Å²) in [7, 11) is 0. The van der Waals surface area contributed by atoms with E-state index in [2.05, 4.69) is 22.0 Å². The minimum atomic E-state index is -0.481. The molecule has 0 aromatic heterocycles. The third-order valence-electron chi connectivity index (χ3n) is 3.03. The van der Waals surface area contributed by atoms with Gasteiger partial charge in [0.25, 0.3) is 5.24 Å². The van der Waals surface area contributed by atoms with E-state index in [1.807, 2.05) is 32.0 Å². The van der Waals surface area contributed by atoms with Gasteiger partial charge in [-0.05, 0) is 49.2 Å². The summed E-state index contributed by atoms with van der Waals surface area (Å²) in [5.41, 5.74) is 3.47. The van der Waals surface area contributed by atoms with Crippen LogP contribution in [-0.4, -0.2) is 5.24 Å². The van der Waals surface area contributed by atoms with Crippen molar-refractivity contribution < 1.29 is 9.53 Å². The van der Waals surface area contributed by atoms with Gasteiger partial charge in [0, 0.05) is 15.6 Å². The van der Waals surface area contributed by atoms with Gasteiger partial charge in [-0.2, -0.15) is 0 Å². The van der Waals surface area contributed by atoms with Crippen molar-refractivity contribution in [1.29, 1.82) is 0 Å². The Balaban J connectivity index is 2.25. The number of hydrogen-bond acceptors (Lipinski definition) is 2. The SMILES string of the molecule is Cc1ccc(OCc2c(Br)cccc2C(=O)Cl)c(C)c1. The Morgan fingerprint density at radius 1 is 1.25 bits per heavy atom. The van der Waals surface area contributed by atoms with Gasteiger partial charge in [-0.1, -0.05) is 39.7 Å². The summed E-state index contributed by atoms with van der Waals surface area (Å²) in [4.78, 5) is 11.4. The molecule has 104 valence electrons. The molecule has 0 fully saturated rings. The van der Waals surface area contributed by atoms with Crippen LogP contribution in [-0.2, 0) is 6.61 Å². The molecule has 0 aliphatic heterocycles. The molecular weight excluding hydrogens is 340 g/mol. The Hall–Kier alpha value is -1.32. The van der Waals surface area contributed by atoms with E-state index in [-0.39, 0.29) is 0 Å². The van der Waals surface area contributed by atoms with E-state index in [1.165, 1.54) is 5.56 Å². The highest BCUT2D eigenvalue weighted by Gasteiger charge is 2.13. The molecular formula is C16H14BrClO2. The van der Waals surface area contributed by atoms with Gasteiger partial charge in [0.2, 0.25) is 0 Å². The number of rotatable bonds is 4. The monoisotopic (exact) mass is 352 g/mol. The van der Waals surface area contributed by atoms with Gasteiger partial charge < -0.3 is 4.74 Å². The molecule has 0 radical (unpaired) electrons. The van der Waals surface area contributed by atoms with Gasteiger partial charge in [0.15, 0.2) is 0 Å². The van der Waals surface area contributed by atoms with Crippen LogP contribution >= 0.6 is 27.5 Å². The molecule has 2 aromatic rings. The molecule has 0 aliphatic carbocycles. The summed E-state index contributed by atoms with van der Waals surface area (Å²) in [5.74, 6) is 0.805. The van der Waals surface area contributed by atoms with Crippen molar-refractivity contribution in [3.05, 3.63) is 63.1 Å². The molecule has 4 heteroatoms. The van der Waals surface area contributed by atoms with Crippen molar-refractivity contribution in [3.8, 4) is 5.75 Å². The van der Waals surface area contributed by atoms with E-state index in [1.54, 1.807) is 12.1 Å². The predicted octanol–water partition coefficient (Wildman–Crippen LogP) is 5.02. The van der Waals surface area contributed by atoms with Crippen LogP contribution in [0.25, 0.3) is 0 Å². The van der Waals surface area contributed by atoms with Crippen LogP contribution in [0.1, 0.15) is 27.0 Å². The lowest BCUT2D eigenvalue weighted by atomic mass is 10.1. The van der Waals surface area contributed by atoms with Crippen LogP contribution in [0.5, 0.6) is 5.75 Å². The zero-order chi connectivity index (χ0) is 14.7. The largest absolute Gasteiger partial charge is 0.489 e. The van der Waals surface area contributed by atoms with Crippen LogP contribution in [0.15, 0.2) is 40.9 Å². The van der Waals surface area contributed by atoms with Crippen LogP contribution in [0, 0.1) is 13.8 Å². The summed E-state index contributed by atoms with van der Waals surface area (Å²) in [5, 5.41) is -0.481.